The Labute approximate surface area is 175 Å². The standard InChI is InChI=1S/C24H28F4N2/c25-22-9-4-6-18(12-22)14-30-16-20(15-29-10-2-1-3-11-29)23(17-30)19-7-5-8-21(13-19)24(26,27)28/h4-9,12-13,20,23H,1-3,10-11,14-17H2/t20-,23+/m1/s1. The molecule has 2 aromatic rings. The van der Waals surface area contributed by atoms with Crippen molar-refractivity contribution in [2.45, 2.75) is 37.9 Å². The van der Waals surface area contributed by atoms with Gasteiger partial charge in [0.1, 0.15) is 5.82 Å². The molecule has 0 radical (unpaired) electrons. The van der Waals surface area contributed by atoms with Gasteiger partial charge >= 0.3 is 6.18 Å². The van der Waals surface area contributed by atoms with Gasteiger partial charge in [-0.15, -0.1) is 0 Å². The fourth-order valence-electron chi connectivity index (χ4n) is 4.97. The maximum absolute atomic E-state index is 13.6. The molecule has 2 aliphatic rings. The molecule has 0 N–H and O–H groups in total. The van der Waals surface area contributed by atoms with Crippen molar-refractivity contribution in [2.24, 2.45) is 5.92 Å². The van der Waals surface area contributed by atoms with E-state index in [2.05, 4.69) is 9.80 Å². The summed E-state index contributed by atoms with van der Waals surface area (Å²) in [5, 5.41) is 0. The van der Waals surface area contributed by atoms with Crippen molar-refractivity contribution in [2.75, 3.05) is 32.7 Å². The number of benzene rings is 2. The van der Waals surface area contributed by atoms with Gasteiger partial charge in [0.2, 0.25) is 0 Å². The number of alkyl halides is 3. The molecule has 30 heavy (non-hydrogen) atoms. The topological polar surface area (TPSA) is 6.48 Å². The molecule has 0 aromatic heterocycles. The van der Waals surface area contributed by atoms with Crippen LogP contribution in [0.15, 0.2) is 48.5 Å². The Morgan fingerprint density at radius 2 is 1.63 bits per heavy atom. The second-order valence-electron chi connectivity index (χ2n) is 8.68. The van der Waals surface area contributed by atoms with Gasteiger partial charge in [-0.3, -0.25) is 4.90 Å². The highest BCUT2D eigenvalue weighted by Crippen LogP contribution is 2.37. The molecule has 2 fully saturated rings. The van der Waals surface area contributed by atoms with Crippen molar-refractivity contribution in [1.82, 2.24) is 9.80 Å². The Bertz CT molecular complexity index is 845. The second-order valence-corrected chi connectivity index (χ2v) is 8.68. The minimum atomic E-state index is -4.34. The molecule has 2 aromatic carbocycles. The lowest BCUT2D eigenvalue weighted by molar-refractivity contribution is -0.137. The van der Waals surface area contributed by atoms with Gasteiger partial charge in [-0.05, 0) is 61.2 Å². The molecule has 0 amide bonds. The van der Waals surface area contributed by atoms with Gasteiger partial charge < -0.3 is 4.90 Å². The molecule has 6 heteroatoms. The molecule has 0 aliphatic carbocycles. The predicted octanol–water partition coefficient (Wildman–Crippen LogP) is 5.55. The zero-order valence-corrected chi connectivity index (χ0v) is 17.0. The Morgan fingerprint density at radius 3 is 2.37 bits per heavy atom. The average molecular weight is 420 g/mol. The minimum Gasteiger partial charge on any atom is -0.303 e. The van der Waals surface area contributed by atoms with E-state index in [0.717, 1.165) is 43.4 Å². The lowest BCUT2D eigenvalue weighted by Crippen LogP contribution is -2.36. The highest BCUT2D eigenvalue weighted by Gasteiger charge is 2.37. The zero-order valence-electron chi connectivity index (χ0n) is 17.0. The van der Waals surface area contributed by atoms with E-state index in [9.17, 15) is 17.6 Å². The van der Waals surface area contributed by atoms with Crippen LogP contribution in [0.5, 0.6) is 0 Å². The summed E-state index contributed by atoms with van der Waals surface area (Å²) in [5.41, 5.74) is 1.07. The molecule has 2 aliphatic heterocycles. The van der Waals surface area contributed by atoms with Crippen molar-refractivity contribution >= 4 is 0 Å². The lowest BCUT2D eigenvalue weighted by Gasteiger charge is -2.31. The Morgan fingerprint density at radius 1 is 0.867 bits per heavy atom. The summed E-state index contributed by atoms with van der Waals surface area (Å²) in [6.45, 7) is 5.15. The van der Waals surface area contributed by atoms with E-state index in [4.69, 9.17) is 0 Å². The monoisotopic (exact) mass is 420 g/mol. The quantitative estimate of drug-likeness (QED) is 0.586. The average Bonchev–Trinajstić information content (AvgIpc) is 3.10. The van der Waals surface area contributed by atoms with E-state index in [1.807, 2.05) is 12.1 Å². The van der Waals surface area contributed by atoms with Crippen molar-refractivity contribution in [3.63, 3.8) is 0 Å². The van der Waals surface area contributed by atoms with Gasteiger partial charge in [-0.2, -0.15) is 13.2 Å². The number of nitrogens with zero attached hydrogens (tertiary/aromatic N) is 2. The van der Waals surface area contributed by atoms with Gasteiger partial charge in [-0.25, -0.2) is 4.39 Å². The van der Waals surface area contributed by atoms with Crippen LogP contribution < -0.4 is 0 Å². The maximum atomic E-state index is 13.6. The highest BCUT2D eigenvalue weighted by molar-refractivity contribution is 5.30. The number of likely N-dealkylation sites (tertiary alicyclic amines) is 2. The second kappa shape index (κ2) is 9.06. The van der Waals surface area contributed by atoms with E-state index in [1.165, 1.54) is 43.5 Å². The third-order valence-electron chi connectivity index (χ3n) is 6.40. The van der Waals surface area contributed by atoms with Gasteiger partial charge in [0.25, 0.3) is 0 Å². The van der Waals surface area contributed by atoms with Gasteiger partial charge in [0.05, 0.1) is 5.56 Å². The van der Waals surface area contributed by atoms with Crippen LogP contribution in [-0.2, 0) is 12.7 Å². The smallest absolute Gasteiger partial charge is 0.303 e. The summed E-state index contributed by atoms with van der Waals surface area (Å²) in [4.78, 5) is 4.72. The molecular formula is C24H28F4N2. The molecule has 0 saturated carbocycles. The molecule has 162 valence electrons. The first kappa shape index (κ1) is 21.3. The number of halogens is 4. The number of hydrogen-bond donors (Lipinski definition) is 0. The van der Waals surface area contributed by atoms with E-state index in [-0.39, 0.29) is 17.7 Å². The van der Waals surface area contributed by atoms with Crippen LogP contribution in [0.2, 0.25) is 0 Å². The van der Waals surface area contributed by atoms with Crippen LogP contribution in [-0.4, -0.2) is 42.5 Å². The van der Waals surface area contributed by atoms with E-state index in [1.54, 1.807) is 6.07 Å². The number of piperidine rings is 1. The number of hydrogen-bond acceptors (Lipinski definition) is 2. The van der Waals surface area contributed by atoms with E-state index < -0.39 is 11.7 Å². The van der Waals surface area contributed by atoms with Crippen LogP contribution in [0, 0.1) is 11.7 Å². The van der Waals surface area contributed by atoms with Crippen LogP contribution in [0.1, 0.15) is 41.9 Å². The van der Waals surface area contributed by atoms with Gasteiger partial charge in [-0.1, -0.05) is 36.8 Å². The summed E-state index contributed by atoms with van der Waals surface area (Å²) < 4.78 is 53.4. The third-order valence-corrected chi connectivity index (χ3v) is 6.40. The van der Waals surface area contributed by atoms with Crippen LogP contribution in [0.4, 0.5) is 17.6 Å². The Kier molecular flexibility index (Phi) is 6.44. The summed E-state index contributed by atoms with van der Waals surface area (Å²) in [6, 6.07) is 12.4. The molecule has 2 atom stereocenters. The van der Waals surface area contributed by atoms with Gasteiger partial charge in [0, 0.05) is 32.1 Å². The SMILES string of the molecule is Fc1cccc(CN2C[C@@H](CN3CCCCC3)[C@H](c3cccc(C(F)(F)F)c3)C2)c1. The Balaban J connectivity index is 1.55. The molecule has 2 saturated heterocycles. The lowest BCUT2D eigenvalue weighted by atomic mass is 9.87. The van der Waals surface area contributed by atoms with Crippen molar-refractivity contribution < 1.29 is 17.6 Å². The first-order valence-electron chi connectivity index (χ1n) is 10.7. The molecular weight excluding hydrogens is 392 g/mol. The number of rotatable bonds is 5. The molecule has 0 unspecified atom stereocenters. The largest absolute Gasteiger partial charge is 0.416 e. The molecule has 0 spiro atoms. The van der Waals surface area contributed by atoms with Crippen molar-refractivity contribution in [1.29, 1.82) is 0 Å². The molecule has 4 rings (SSSR count). The van der Waals surface area contributed by atoms with Crippen LogP contribution in [0.3, 0.4) is 0 Å². The van der Waals surface area contributed by atoms with E-state index in [0.29, 0.717) is 13.1 Å². The fraction of sp³-hybridized carbons (Fsp3) is 0.500. The van der Waals surface area contributed by atoms with Crippen LogP contribution in [0.25, 0.3) is 0 Å². The summed E-state index contributed by atoms with van der Waals surface area (Å²) in [6.07, 6.45) is -0.704. The zero-order chi connectivity index (χ0) is 21.1. The van der Waals surface area contributed by atoms with Crippen LogP contribution >= 0.6 is 0 Å². The van der Waals surface area contributed by atoms with Crippen molar-refractivity contribution in [3.05, 3.63) is 71.0 Å². The normalized spacial score (nSPS) is 23.7. The Hall–Kier alpha value is -1.92. The maximum Gasteiger partial charge on any atom is 0.416 e. The third kappa shape index (κ3) is 5.22. The predicted molar refractivity (Wildman–Crippen MR) is 110 cm³/mol. The van der Waals surface area contributed by atoms with E-state index >= 15 is 0 Å². The fourth-order valence-corrected chi connectivity index (χ4v) is 4.97. The summed E-state index contributed by atoms with van der Waals surface area (Å²) >= 11 is 0. The van der Waals surface area contributed by atoms with Gasteiger partial charge in [0.15, 0.2) is 0 Å². The first-order chi connectivity index (χ1) is 14.4. The molecule has 0 bridgehead atoms. The minimum absolute atomic E-state index is 0.0442. The summed E-state index contributed by atoms with van der Waals surface area (Å²) in [5.74, 6) is 0.0499. The first-order valence-corrected chi connectivity index (χ1v) is 10.7. The summed E-state index contributed by atoms with van der Waals surface area (Å²) in [7, 11) is 0. The molecule has 2 nitrogen and oxygen atoms in total. The van der Waals surface area contributed by atoms with Crippen molar-refractivity contribution in [3.8, 4) is 0 Å². The molecule has 2 heterocycles. The highest BCUT2D eigenvalue weighted by atomic mass is 19.4.